The first-order chi connectivity index (χ1) is 12.5. The fraction of sp³-hybridized carbons (Fsp3) is 0.167. The molecule has 0 aliphatic rings. The van der Waals surface area contributed by atoms with E-state index in [0.29, 0.717) is 22.0 Å². The molecule has 2 aromatic rings. The van der Waals surface area contributed by atoms with Crippen molar-refractivity contribution in [2.45, 2.75) is 0 Å². The molecule has 0 amide bonds. The molecule has 0 fully saturated rings. The molecule has 0 heterocycles. The third kappa shape index (κ3) is 5.58. The van der Waals surface area contributed by atoms with Gasteiger partial charge in [0.05, 0.1) is 28.9 Å². The minimum absolute atomic E-state index is 0.0548. The molecule has 2 aromatic carbocycles. The van der Waals surface area contributed by atoms with Gasteiger partial charge in [0.1, 0.15) is 5.75 Å². The highest BCUT2D eigenvalue weighted by molar-refractivity contribution is 7.80. The zero-order valence-electron chi connectivity index (χ0n) is 14.0. The van der Waals surface area contributed by atoms with Gasteiger partial charge in [-0.05, 0) is 35.9 Å². The lowest BCUT2D eigenvalue weighted by atomic mass is 10.1. The lowest BCUT2D eigenvalue weighted by Crippen LogP contribution is -2.25. The number of benzene rings is 2. The van der Waals surface area contributed by atoms with Crippen molar-refractivity contribution in [1.82, 2.24) is 0 Å². The Kier molecular flexibility index (Phi) is 7.63. The molecule has 6 nitrogen and oxygen atoms in total. The first kappa shape index (κ1) is 19.9. The summed E-state index contributed by atoms with van der Waals surface area (Å²) in [4.78, 5) is 0. The highest BCUT2D eigenvalue weighted by Crippen LogP contribution is 2.30. The van der Waals surface area contributed by atoms with Gasteiger partial charge in [0.25, 0.3) is 11.3 Å². The van der Waals surface area contributed by atoms with Crippen LogP contribution < -0.4 is 9.04 Å². The highest BCUT2D eigenvalue weighted by atomic mass is 35.5. The van der Waals surface area contributed by atoms with Crippen molar-refractivity contribution in [2.75, 3.05) is 24.8 Å². The van der Waals surface area contributed by atoms with E-state index in [9.17, 15) is 8.76 Å². The second kappa shape index (κ2) is 9.94. The molecule has 0 radical (unpaired) electrons. The maximum Gasteiger partial charge on any atom is 0.262 e. The van der Waals surface area contributed by atoms with E-state index >= 15 is 0 Å². The fourth-order valence-corrected chi connectivity index (χ4v) is 2.88. The largest absolute Gasteiger partial charge is 0.466 e. The van der Waals surface area contributed by atoms with E-state index in [1.165, 1.54) is 11.4 Å². The molecular weight excluding hydrogens is 376 g/mol. The quantitative estimate of drug-likeness (QED) is 0.545. The van der Waals surface area contributed by atoms with Crippen LogP contribution in [0.1, 0.15) is 11.1 Å². The first-order valence-electron chi connectivity index (χ1n) is 7.51. The van der Waals surface area contributed by atoms with Gasteiger partial charge in [-0.15, -0.1) is 0 Å². The summed E-state index contributed by atoms with van der Waals surface area (Å²) in [6, 6.07) is 13.9. The summed E-state index contributed by atoms with van der Waals surface area (Å²) in [5.74, 6) is 0.421. The smallest absolute Gasteiger partial charge is 0.262 e. The summed E-state index contributed by atoms with van der Waals surface area (Å²) in [6.45, 7) is 0.230. The number of hydrogen-bond donors (Lipinski definition) is 1. The lowest BCUT2D eigenvalue weighted by Gasteiger charge is -2.19. The van der Waals surface area contributed by atoms with E-state index in [4.69, 9.17) is 26.3 Å². The number of methoxy groups -OCH3 is 1. The molecule has 1 unspecified atom stereocenters. The summed E-state index contributed by atoms with van der Waals surface area (Å²) < 4.78 is 32.6. The molecule has 0 aliphatic carbocycles. The van der Waals surface area contributed by atoms with Gasteiger partial charge in [0, 0.05) is 7.11 Å². The average Bonchev–Trinajstić information content (AvgIpc) is 2.64. The van der Waals surface area contributed by atoms with Crippen LogP contribution in [0.5, 0.6) is 5.75 Å². The Morgan fingerprint density at radius 1 is 1.35 bits per heavy atom. The van der Waals surface area contributed by atoms with Gasteiger partial charge >= 0.3 is 0 Å². The predicted octanol–water partition coefficient (Wildman–Crippen LogP) is 3.85. The van der Waals surface area contributed by atoms with Crippen LogP contribution in [0.15, 0.2) is 48.5 Å². The Hall–Kier alpha value is -2.37. The van der Waals surface area contributed by atoms with Gasteiger partial charge in [-0.1, -0.05) is 35.9 Å². The molecule has 0 saturated heterocycles. The van der Waals surface area contributed by atoms with Gasteiger partial charge in [-0.3, -0.25) is 8.86 Å². The molecule has 2 rings (SSSR count). The number of anilines is 1. The van der Waals surface area contributed by atoms with Crippen LogP contribution in [0.4, 0.5) is 5.69 Å². The van der Waals surface area contributed by atoms with Crippen molar-refractivity contribution >= 4 is 34.6 Å². The SMILES string of the molecule is COCOc1ccc(N(C/C=C/c2cccc(C#N)c2)S(=O)O)cc1Cl. The van der Waals surface area contributed by atoms with Gasteiger partial charge in [0.2, 0.25) is 0 Å². The monoisotopic (exact) mass is 392 g/mol. The lowest BCUT2D eigenvalue weighted by molar-refractivity contribution is 0.0512. The topological polar surface area (TPSA) is 82.8 Å². The molecule has 1 N–H and O–H groups in total. The number of nitrogens with zero attached hydrogens (tertiary/aromatic N) is 2. The molecule has 136 valence electrons. The van der Waals surface area contributed by atoms with Gasteiger partial charge in [-0.25, -0.2) is 4.21 Å². The van der Waals surface area contributed by atoms with E-state index in [-0.39, 0.29) is 13.3 Å². The number of halogens is 1. The second-order valence-corrected chi connectivity index (χ2v) is 6.41. The van der Waals surface area contributed by atoms with Crippen LogP contribution in [0, 0.1) is 11.3 Å². The maximum atomic E-state index is 11.7. The molecule has 0 spiro atoms. The maximum absolute atomic E-state index is 11.7. The molecule has 0 saturated carbocycles. The average molecular weight is 393 g/mol. The summed E-state index contributed by atoms with van der Waals surface area (Å²) in [7, 11) is 1.50. The number of nitriles is 1. The number of hydrogen-bond acceptors (Lipinski definition) is 4. The van der Waals surface area contributed by atoms with Crippen LogP contribution in [-0.2, 0) is 16.0 Å². The summed E-state index contributed by atoms with van der Waals surface area (Å²) in [5, 5.41) is 9.22. The molecule has 26 heavy (non-hydrogen) atoms. The van der Waals surface area contributed by atoms with E-state index < -0.39 is 11.3 Å². The summed E-state index contributed by atoms with van der Waals surface area (Å²) >= 11 is 3.91. The Labute approximate surface area is 159 Å². The number of rotatable bonds is 8. The molecular formula is C18H17ClN2O4S. The zero-order chi connectivity index (χ0) is 18.9. The minimum atomic E-state index is -2.23. The molecule has 0 bridgehead atoms. The van der Waals surface area contributed by atoms with Gasteiger partial charge in [0.15, 0.2) is 6.79 Å². The molecule has 8 heteroatoms. The standard InChI is InChI=1S/C18H17ClN2O4S/c1-24-13-25-18-8-7-16(11-17(18)19)21(26(22)23)9-3-6-14-4-2-5-15(10-14)12-20/h2-8,10-11H,9,13H2,1H3,(H,22,23)/b6-3+. The van der Waals surface area contributed by atoms with Crippen LogP contribution in [0.25, 0.3) is 6.08 Å². The van der Waals surface area contributed by atoms with Crippen molar-refractivity contribution in [3.63, 3.8) is 0 Å². The Morgan fingerprint density at radius 3 is 2.81 bits per heavy atom. The van der Waals surface area contributed by atoms with Gasteiger partial charge in [-0.2, -0.15) is 5.26 Å². The second-order valence-electron chi connectivity index (χ2n) is 5.10. The van der Waals surface area contributed by atoms with Crippen LogP contribution >= 0.6 is 11.6 Å². The Balaban J connectivity index is 2.13. The molecule has 1 atom stereocenters. The van der Waals surface area contributed by atoms with Crippen LogP contribution in [0.3, 0.4) is 0 Å². The predicted molar refractivity (Wildman–Crippen MR) is 102 cm³/mol. The van der Waals surface area contributed by atoms with Crippen LogP contribution in [-0.4, -0.2) is 29.2 Å². The van der Waals surface area contributed by atoms with Crippen molar-refractivity contribution in [3.05, 3.63) is 64.7 Å². The fourth-order valence-electron chi connectivity index (χ4n) is 2.14. The zero-order valence-corrected chi connectivity index (χ0v) is 15.5. The van der Waals surface area contributed by atoms with Crippen molar-refractivity contribution in [3.8, 4) is 11.8 Å². The summed E-state index contributed by atoms with van der Waals surface area (Å²) in [6.07, 6.45) is 3.51. The third-order valence-corrected chi connectivity index (χ3v) is 4.35. The van der Waals surface area contributed by atoms with E-state index in [1.807, 2.05) is 6.07 Å². The van der Waals surface area contributed by atoms with E-state index in [0.717, 1.165) is 5.56 Å². The Bertz CT molecular complexity index is 851. The van der Waals surface area contributed by atoms with Crippen LogP contribution in [0.2, 0.25) is 5.02 Å². The Morgan fingerprint density at radius 2 is 2.15 bits per heavy atom. The van der Waals surface area contributed by atoms with E-state index in [2.05, 4.69) is 6.07 Å². The minimum Gasteiger partial charge on any atom is -0.466 e. The normalized spacial score (nSPS) is 11.9. The third-order valence-electron chi connectivity index (χ3n) is 3.32. The van der Waals surface area contributed by atoms with Crippen molar-refractivity contribution in [1.29, 1.82) is 5.26 Å². The first-order valence-corrected chi connectivity index (χ1v) is 8.96. The summed E-state index contributed by atoms with van der Waals surface area (Å²) in [5.41, 5.74) is 1.85. The van der Waals surface area contributed by atoms with Gasteiger partial charge < -0.3 is 9.47 Å². The number of ether oxygens (including phenoxy) is 2. The molecule has 0 aliphatic heterocycles. The van der Waals surface area contributed by atoms with Crippen molar-refractivity contribution in [2.24, 2.45) is 0 Å². The highest BCUT2D eigenvalue weighted by Gasteiger charge is 2.13. The molecule has 0 aromatic heterocycles. The van der Waals surface area contributed by atoms with Crippen molar-refractivity contribution < 1.29 is 18.2 Å². The van der Waals surface area contributed by atoms with E-state index in [1.54, 1.807) is 48.6 Å².